The van der Waals surface area contributed by atoms with E-state index < -0.39 is 10.0 Å². The van der Waals surface area contributed by atoms with Crippen LogP contribution in [-0.4, -0.2) is 44.7 Å². The lowest BCUT2D eigenvalue weighted by molar-refractivity contribution is 0.384. The van der Waals surface area contributed by atoms with Gasteiger partial charge in [0.2, 0.25) is 10.0 Å². The molecule has 1 aliphatic heterocycles. The third-order valence-electron chi connectivity index (χ3n) is 3.29. The van der Waals surface area contributed by atoms with E-state index in [1.54, 1.807) is 4.31 Å². The van der Waals surface area contributed by atoms with Crippen LogP contribution in [-0.2, 0) is 10.0 Å². The molecule has 19 heavy (non-hydrogen) atoms. The third kappa shape index (κ3) is 3.61. The maximum atomic E-state index is 12.0. The number of nitrogens with zero attached hydrogens (tertiary/aromatic N) is 2. The summed E-state index contributed by atoms with van der Waals surface area (Å²) in [5, 5.41) is 0.716. The van der Waals surface area contributed by atoms with Crippen molar-refractivity contribution in [2.45, 2.75) is 13.3 Å². The second kappa shape index (κ2) is 6.11. The molecule has 0 aliphatic carbocycles. The zero-order chi connectivity index (χ0) is 13.9. The Labute approximate surface area is 120 Å². The largest absolute Gasteiger partial charge is 0.369 e. The highest BCUT2D eigenvalue weighted by Crippen LogP contribution is 2.20. The molecule has 2 rings (SSSR count). The predicted molar refractivity (Wildman–Crippen MR) is 79.3 cm³/mol. The Kier molecular flexibility index (Phi) is 4.71. The molecule has 0 saturated carbocycles. The SMILES string of the molecule is CCCS(=O)(=O)N1CCN(c2ccc(Cl)cc2)CC1. The Morgan fingerprint density at radius 1 is 1.11 bits per heavy atom. The van der Waals surface area contributed by atoms with Crippen molar-refractivity contribution in [3.63, 3.8) is 0 Å². The summed E-state index contributed by atoms with van der Waals surface area (Å²) in [5.74, 6) is 0.244. The highest BCUT2D eigenvalue weighted by Gasteiger charge is 2.26. The molecule has 1 heterocycles. The molecule has 0 amide bonds. The first-order valence-electron chi connectivity index (χ1n) is 6.51. The summed E-state index contributed by atoms with van der Waals surface area (Å²) < 4.78 is 25.5. The summed E-state index contributed by atoms with van der Waals surface area (Å²) in [6.07, 6.45) is 0.666. The average molecular weight is 303 g/mol. The molecule has 1 aromatic carbocycles. The number of benzene rings is 1. The van der Waals surface area contributed by atoms with E-state index >= 15 is 0 Å². The Balaban J connectivity index is 1.98. The van der Waals surface area contributed by atoms with Gasteiger partial charge in [-0.3, -0.25) is 0 Å². The van der Waals surface area contributed by atoms with Crippen molar-refractivity contribution in [1.29, 1.82) is 0 Å². The highest BCUT2D eigenvalue weighted by atomic mass is 35.5. The monoisotopic (exact) mass is 302 g/mol. The molecule has 106 valence electrons. The van der Waals surface area contributed by atoms with E-state index in [4.69, 9.17) is 11.6 Å². The Morgan fingerprint density at radius 3 is 2.21 bits per heavy atom. The van der Waals surface area contributed by atoms with Gasteiger partial charge in [-0.15, -0.1) is 0 Å². The minimum absolute atomic E-state index is 0.244. The number of piperazine rings is 1. The van der Waals surface area contributed by atoms with E-state index in [0.29, 0.717) is 24.5 Å². The summed E-state index contributed by atoms with van der Waals surface area (Å²) in [6, 6.07) is 7.66. The zero-order valence-electron chi connectivity index (χ0n) is 11.0. The summed E-state index contributed by atoms with van der Waals surface area (Å²) in [4.78, 5) is 2.19. The molecule has 1 saturated heterocycles. The second-order valence-corrected chi connectivity index (χ2v) is 7.20. The van der Waals surface area contributed by atoms with E-state index in [9.17, 15) is 8.42 Å². The molecule has 0 atom stereocenters. The van der Waals surface area contributed by atoms with Gasteiger partial charge in [-0.05, 0) is 30.7 Å². The molecule has 0 bridgehead atoms. The molecule has 1 aromatic rings. The topological polar surface area (TPSA) is 40.6 Å². The first-order chi connectivity index (χ1) is 9.03. The van der Waals surface area contributed by atoms with Crippen LogP contribution in [0.5, 0.6) is 0 Å². The quantitative estimate of drug-likeness (QED) is 0.856. The average Bonchev–Trinajstić information content (AvgIpc) is 2.40. The molecule has 1 fully saturated rings. The summed E-state index contributed by atoms with van der Waals surface area (Å²) in [7, 11) is -3.06. The lowest BCUT2D eigenvalue weighted by Gasteiger charge is -2.35. The molecule has 0 aromatic heterocycles. The first kappa shape index (κ1) is 14.6. The highest BCUT2D eigenvalue weighted by molar-refractivity contribution is 7.89. The lowest BCUT2D eigenvalue weighted by atomic mass is 10.2. The third-order valence-corrected chi connectivity index (χ3v) is 5.61. The van der Waals surface area contributed by atoms with Gasteiger partial charge in [-0.25, -0.2) is 8.42 Å². The fraction of sp³-hybridized carbons (Fsp3) is 0.538. The predicted octanol–water partition coefficient (Wildman–Crippen LogP) is 2.20. The molecule has 0 unspecified atom stereocenters. The maximum absolute atomic E-state index is 12.0. The minimum atomic E-state index is -3.06. The van der Waals surface area contributed by atoms with Crippen molar-refractivity contribution < 1.29 is 8.42 Å². The molecule has 6 heteroatoms. The van der Waals surface area contributed by atoms with Crippen molar-refractivity contribution in [3.05, 3.63) is 29.3 Å². The second-order valence-electron chi connectivity index (χ2n) is 4.68. The van der Waals surface area contributed by atoms with Gasteiger partial charge in [-0.1, -0.05) is 18.5 Å². The van der Waals surface area contributed by atoms with Gasteiger partial charge >= 0.3 is 0 Å². The van der Waals surface area contributed by atoms with Crippen LogP contribution < -0.4 is 4.90 Å². The molecular weight excluding hydrogens is 284 g/mol. The van der Waals surface area contributed by atoms with Gasteiger partial charge in [-0.2, -0.15) is 4.31 Å². The zero-order valence-corrected chi connectivity index (χ0v) is 12.6. The van der Waals surface area contributed by atoms with Crippen LogP contribution in [0, 0.1) is 0 Å². The fourth-order valence-electron chi connectivity index (χ4n) is 2.26. The van der Waals surface area contributed by atoms with Gasteiger partial charge in [0, 0.05) is 36.9 Å². The molecule has 4 nitrogen and oxygen atoms in total. The van der Waals surface area contributed by atoms with Gasteiger partial charge in [0.1, 0.15) is 0 Å². The van der Waals surface area contributed by atoms with Crippen LogP contribution in [0.4, 0.5) is 5.69 Å². The lowest BCUT2D eigenvalue weighted by Crippen LogP contribution is -2.49. The van der Waals surface area contributed by atoms with E-state index in [2.05, 4.69) is 4.90 Å². The number of halogens is 1. The molecule has 0 radical (unpaired) electrons. The summed E-state index contributed by atoms with van der Waals surface area (Å²) >= 11 is 5.86. The van der Waals surface area contributed by atoms with E-state index in [-0.39, 0.29) is 5.75 Å². The van der Waals surface area contributed by atoms with E-state index in [0.717, 1.165) is 18.8 Å². The standard InChI is InChI=1S/C13H19ClN2O2S/c1-2-11-19(17,18)16-9-7-15(8-10-16)13-5-3-12(14)4-6-13/h3-6H,2,7-11H2,1H3. The molecule has 0 spiro atoms. The smallest absolute Gasteiger partial charge is 0.214 e. The number of rotatable bonds is 4. The number of hydrogen-bond donors (Lipinski definition) is 0. The number of anilines is 1. The Hall–Kier alpha value is -0.780. The van der Waals surface area contributed by atoms with Gasteiger partial charge in [0.15, 0.2) is 0 Å². The fourth-order valence-corrected chi connectivity index (χ4v) is 3.88. The minimum Gasteiger partial charge on any atom is -0.369 e. The van der Waals surface area contributed by atoms with Gasteiger partial charge in [0.05, 0.1) is 5.75 Å². The van der Waals surface area contributed by atoms with Crippen molar-refractivity contribution >= 4 is 27.3 Å². The number of sulfonamides is 1. The van der Waals surface area contributed by atoms with Crippen molar-refractivity contribution in [2.75, 3.05) is 36.8 Å². The Bertz CT molecular complexity index is 508. The molecular formula is C13H19ClN2O2S. The summed E-state index contributed by atoms with van der Waals surface area (Å²) in [6.45, 7) is 4.46. The maximum Gasteiger partial charge on any atom is 0.214 e. The van der Waals surface area contributed by atoms with Gasteiger partial charge in [0.25, 0.3) is 0 Å². The van der Waals surface area contributed by atoms with Crippen LogP contribution in [0.2, 0.25) is 5.02 Å². The van der Waals surface area contributed by atoms with E-state index in [1.807, 2.05) is 31.2 Å². The van der Waals surface area contributed by atoms with Crippen LogP contribution >= 0.6 is 11.6 Å². The van der Waals surface area contributed by atoms with Crippen molar-refractivity contribution in [2.24, 2.45) is 0 Å². The van der Waals surface area contributed by atoms with Crippen molar-refractivity contribution in [3.8, 4) is 0 Å². The number of hydrogen-bond acceptors (Lipinski definition) is 3. The summed E-state index contributed by atoms with van der Waals surface area (Å²) in [5.41, 5.74) is 1.09. The van der Waals surface area contributed by atoms with Crippen LogP contribution in [0.25, 0.3) is 0 Å². The van der Waals surface area contributed by atoms with Gasteiger partial charge < -0.3 is 4.90 Å². The first-order valence-corrected chi connectivity index (χ1v) is 8.50. The Morgan fingerprint density at radius 2 is 1.68 bits per heavy atom. The van der Waals surface area contributed by atoms with Crippen LogP contribution in [0.15, 0.2) is 24.3 Å². The normalized spacial score (nSPS) is 17.7. The molecule has 0 N–H and O–H groups in total. The molecule has 1 aliphatic rings. The van der Waals surface area contributed by atoms with E-state index in [1.165, 1.54) is 0 Å². The van der Waals surface area contributed by atoms with Crippen molar-refractivity contribution in [1.82, 2.24) is 4.31 Å². The van der Waals surface area contributed by atoms with Crippen LogP contribution in [0.3, 0.4) is 0 Å². The van der Waals surface area contributed by atoms with Crippen LogP contribution in [0.1, 0.15) is 13.3 Å².